The highest BCUT2D eigenvalue weighted by Gasteiger charge is 2.09. The molecule has 0 heterocycles. The van der Waals surface area contributed by atoms with E-state index < -0.39 is 0 Å². The minimum absolute atomic E-state index is 0.472. The van der Waals surface area contributed by atoms with Gasteiger partial charge in [-0.2, -0.15) is 0 Å². The van der Waals surface area contributed by atoms with Crippen molar-refractivity contribution in [1.82, 2.24) is 0 Å². The van der Waals surface area contributed by atoms with Crippen LogP contribution in [0.15, 0.2) is 24.3 Å². The van der Waals surface area contributed by atoms with E-state index in [2.05, 4.69) is 24.8 Å². The summed E-state index contributed by atoms with van der Waals surface area (Å²) in [6.07, 6.45) is 1.12. The number of nitrogens with two attached hydrogens (primary N) is 1. The van der Waals surface area contributed by atoms with E-state index in [0.29, 0.717) is 4.99 Å². The van der Waals surface area contributed by atoms with Gasteiger partial charge in [-0.3, -0.25) is 0 Å². The van der Waals surface area contributed by atoms with Gasteiger partial charge in [0.15, 0.2) is 0 Å². The van der Waals surface area contributed by atoms with Crippen molar-refractivity contribution in [2.45, 2.75) is 20.3 Å². The van der Waals surface area contributed by atoms with Crippen LogP contribution in [0.5, 0.6) is 0 Å². The second-order valence-corrected chi connectivity index (χ2v) is 3.90. The van der Waals surface area contributed by atoms with Crippen LogP contribution >= 0.6 is 12.2 Å². The Bertz CT molecular complexity index is 336. The summed E-state index contributed by atoms with van der Waals surface area (Å²) in [7, 11) is 0. The van der Waals surface area contributed by atoms with Crippen molar-refractivity contribution >= 4 is 22.9 Å². The Hall–Kier alpha value is -1.09. The lowest BCUT2D eigenvalue weighted by Gasteiger charge is -2.24. The van der Waals surface area contributed by atoms with Crippen molar-refractivity contribution in [1.29, 1.82) is 0 Å². The molecule has 1 rings (SSSR count). The Kier molecular flexibility index (Phi) is 4.56. The third-order valence-corrected chi connectivity index (χ3v) is 2.61. The van der Waals surface area contributed by atoms with Crippen LogP contribution in [0, 0.1) is 0 Å². The zero-order valence-corrected chi connectivity index (χ0v) is 10.2. The summed E-state index contributed by atoms with van der Waals surface area (Å²) in [5, 5.41) is 0. The van der Waals surface area contributed by atoms with Crippen molar-refractivity contribution in [2.75, 3.05) is 18.0 Å². The van der Waals surface area contributed by atoms with Crippen molar-refractivity contribution in [3.05, 3.63) is 29.8 Å². The highest BCUT2D eigenvalue weighted by atomic mass is 32.1. The molecule has 1 aromatic rings. The highest BCUT2D eigenvalue weighted by Crippen LogP contribution is 2.20. The van der Waals surface area contributed by atoms with E-state index in [1.165, 1.54) is 0 Å². The molecule has 0 saturated heterocycles. The number of hydrogen-bond donors (Lipinski definition) is 1. The molecule has 0 spiro atoms. The van der Waals surface area contributed by atoms with Gasteiger partial charge in [0.2, 0.25) is 0 Å². The maximum absolute atomic E-state index is 5.71. The molecule has 0 aliphatic rings. The molecule has 82 valence electrons. The molecular weight excluding hydrogens is 204 g/mol. The molecule has 0 unspecified atom stereocenters. The zero-order chi connectivity index (χ0) is 11.3. The number of para-hydroxylation sites is 1. The van der Waals surface area contributed by atoms with Crippen LogP contribution in [0.2, 0.25) is 0 Å². The predicted molar refractivity (Wildman–Crippen MR) is 70.5 cm³/mol. The fourth-order valence-corrected chi connectivity index (χ4v) is 1.85. The SMILES string of the molecule is CCCN(CC)c1ccccc1C(N)=S. The van der Waals surface area contributed by atoms with Crippen LogP contribution in [0.25, 0.3) is 0 Å². The molecular formula is C12H18N2S. The average Bonchev–Trinajstić information content (AvgIpc) is 2.26. The molecule has 0 atom stereocenters. The van der Waals surface area contributed by atoms with E-state index in [1.54, 1.807) is 0 Å². The first-order chi connectivity index (χ1) is 7.20. The maximum Gasteiger partial charge on any atom is 0.106 e. The van der Waals surface area contributed by atoms with Gasteiger partial charge in [0.1, 0.15) is 4.99 Å². The molecule has 0 aliphatic carbocycles. The first-order valence-electron chi connectivity index (χ1n) is 5.34. The van der Waals surface area contributed by atoms with Crippen molar-refractivity contribution < 1.29 is 0 Å². The molecule has 0 fully saturated rings. The van der Waals surface area contributed by atoms with Crippen LogP contribution in [-0.4, -0.2) is 18.1 Å². The van der Waals surface area contributed by atoms with E-state index in [0.717, 1.165) is 30.8 Å². The molecule has 3 heteroatoms. The Morgan fingerprint density at radius 2 is 2.00 bits per heavy atom. The van der Waals surface area contributed by atoms with Gasteiger partial charge in [-0.15, -0.1) is 0 Å². The molecule has 2 N–H and O–H groups in total. The normalized spacial score (nSPS) is 10.0. The monoisotopic (exact) mass is 222 g/mol. The van der Waals surface area contributed by atoms with Gasteiger partial charge < -0.3 is 10.6 Å². The fourth-order valence-electron chi connectivity index (χ4n) is 1.68. The van der Waals surface area contributed by atoms with Crippen LogP contribution in [-0.2, 0) is 0 Å². The van der Waals surface area contributed by atoms with Crippen molar-refractivity contribution in [3.8, 4) is 0 Å². The fraction of sp³-hybridized carbons (Fsp3) is 0.417. The standard InChI is InChI=1S/C12H18N2S/c1-3-9-14(4-2)11-8-6-5-7-10(11)12(13)15/h5-8H,3-4,9H2,1-2H3,(H2,13,15). The Morgan fingerprint density at radius 1 is 1.33 bits per heavy atom. The molecule has 2 nitrogen and oxygen atoms in total. The summed E-state index contributed by atoms with van der Waals surface area (Å²) in [6.45, 7) is 6.33. The lowest BCUT2D eigenvalue weighted by Crippen LogP contribution is -2.26. The molecule has 0 radical (unpaired) electrons. The summed E-state index contributed by atoms with van der Waals surface area (Å²) in [5.41, 5.74) is 7.83. The molecule has 0 bridgehead atoms. The van der Waals surface area contributed by atoms with Gasteiger partial charge in [-0.25, -0.2) is 0 Å². The van der Waals surface area contributed by atoms with E-state index in [-0.39, 0.29) is 0 Å². The van der Waals surface area contributed by atoms with Gasteiger partial charge in [0.25, 0.3) is 0 Å². The average molecular weight is 222 g/mol. The molecule has 1 aromatic carbocycles. The number of rotatable bonds is 5. The Labute approximate surface area is 97.1 Å². The van der Waals surface area contributed by atoms with Gasteiger partial charge >= 0.3 is 0 Å². The predicted octanol–water partition coefficient (Wildman–Crippen LogP) is 2.56. The highest BCUT2D eigenvalue weighted by molar-refractivity contribution is 7.80. The summed E-state index contributed by atoms with van der Waals surface area (Å²) in [4.78, 5) is 2.77. The van der Waals surface area contributed by atoms with Crippen molar-refractivity contribution in [3.63, 3.8) is 0 Å². The lowest BCUT2D eigenvalue weighted by atomic mass is 10.1. The summed E-state index contributed by atoms with van der Waals surface area (Å²) < 4.78 is 0. The molecule has 15 heavy (non-hydrogen) atoms. The molecule has 0 saturated carbocycles. The van der Waals surface area contributed by atoms with Crippen molar-refractivity contribution in [2.24, 2.45) is 5.73 Å². The quantitative estimate of drug-likeness (QED) is 0.776. The number of hydrogen-bond acceptors (Lipinski definition) is 2. The third kappa shape index (κ3) is 2.93. The number of thiocarbonyl (C=S) groups is 1. The number of nitrogens with zero attached hydrogens (tertiary/aromatic N) is 1. The largest absolute Gasteiger partial charge is 0.389 e. The molecule has 0 amide bonds. The third-order valence-electron chi connectivity index (χ3n) is 2.39. The van der Waals surface area contributed by atoms with Gasteiger partial charge in [-0.05, 0) is 25.5 Å². The summed E-state index contributed by atoms with van der Waals surface area (Å²) in [6, 6.07) is 8.05. The lowest BCUT2D eigenvalue weighted by molar-refractivity contribution is 0.791. The first-order valence-corrected chi connectivity index (χ1v) is 5.75. The first kappa shape index (κ1) is 12.0. The number of anilines is 1. The Morgan fingerprint density at radius 3 is 2.53 bits per heavy atom. The summed E-state index contributed by atoms with van der Waals surface area (Å²) >= 11 is 5.05. The van der Waals surface area contributed by atoms with E-state index >= 15 is 0 Å². The minimum atomic E-state index is 0.472. The Balaban J connectivity index is 3.04. The van der Waals surface area contributed by atoms with E-state index in [9.17, 15) is 0 Å². The maximum atomic E-state index is 5.71. The van der Waals surface area contributed by atoms with E-state index in [1.807, 2.05) is 18.2 Å². The zero-order valence-electron chi connectivity index (χ0n) is 9.36. The minimum Gasteiger partial charge on any atom is -0.389 e. The second-order valence-electron chi connectivity index (χ2n) is 3.46. The van der Waals surface area contributed by atoms with Gasteiger partial charge in [0.05, 0.1) is 0 Å². The van der Waals surface area contributed by atoms with Gasteiger partial charge in [-0.1, -0.05) is 31.3 Å². The van der Waals surface area contributed by atoms with Crippen LogP contribution in [0.4, 0.5) is 5.69 Å². The summed E-state index contributed by atoms with van der Waals surface area (Å²) in [5.74, 6) is 0. The van der Waals surface area contributed by atoms with E-state index in [4.69, 9.17) is 18.0 Å². The topological polar surface area (TPSA) is 29.3 Å². The number of benzene rings is 1. The van der Waals surface area contributed by atoms with Crippen LogP contribution in [0.1, 0.15) is 25.8 Å². The second kappa shape index (κ2) is 5.71. The van der Waals surface area contributed by atoms with Gasteiger partial charge in [0, 0.05) is 24.3 Å². The smallest absolute Gasteiger partial charge is 0.106 e. The van der Waals surface area contributed by atoms with Crippen LogP contribution in [0.3, 0.4) is 0 Å². The molecule has 0 aliphatic heterocycles. The molecule has 0 aromatic heterocycles. The van der Waals surface area contributed by atoms with Crippen LogP contribution < -0.4 is 10.6 Å².